The van der Waals surface area contributed by atoms with Crippen molar-refractivity contribution in [1.29, 1.82) is 5.41 Å². The van der Waals surface area contributed by atoms with E-state index in [0.717, 1.165) is 54.1 Å². The molecule has 236 valence electrons. The van der Waals surface area contributed by atoms with E-state index >= 15 is 0 Å². The lowest BCUT2D eigenvalue weighted by atomic mass is 10.0. The number of likely N-dealkylation sites (tertiary alicyclic amines) is 1. The Morgan fingerprint density at radius 2 is 1.62 bits per heavy atom. The molecule has 2 heterocycles. The van der Waals surface area contributed by atoms with Crippen molar-refractivity contribution in [1.82, 2.24) is 9.80 Å². The van der Waals surface area contributed by atoms with Crippen LogP contribution < -0.4 is 9.64 Å². The minimum absolute atomic E-state index is 0.0799. The van der Waals surface area contributed by atoms with Crippen molar-refractivity contribution in [3.05, 3.63) is 94.0 Å². The van der Waals surface area contributed by atoms with Gasteiger partial charge in [-0.05, 0) is 79.4 Å². The molecule has 0 saturated carbocycles. The first-order chi connectivity index (χ1) is 21.7. The van der Waals surface area contributed by atoms with E-state index in [1.54, 1.807) is 41.0 Å². The fraction of sp³-hybridized carbons (Fsp3) is 0.371. The summed E-state index contributed by atoms with van der Waals surface area (Å²) in [6, 6.07) is 20.3. The highest BCUT2D eigenvalue weighted by atomic mass is 35.5. The summed E-state index contributed by atoms with van der Waals surface area (Å²) in [5, 5.41) is 8.37. The molecule has 45 heavy (non-hydrogen) atoms. The van der Waals surface area contributed by atoms with Gasteiger partial charge >= 0.3 is 5.97 Å². The molecule has 0 radical (unpaired) electrons. The monoisotopic (exact) mass is 630 g/mol. The summed E-state index contributed by atoms with van der Waals surface area (Å²) in [5.74, 6) is 0.644. The van der Waals surface area contributed by atoms with Crippen LogP contribution in [-0.2, 0) is 33.8 Å². The molecule has 0 spiro atoms. The minimum Gasteiger partial charge on any atom is -0.490 e. The highest BCUT2D eigenvalue weighted by Crippen LogP contribution is 2.31. The maximum absolute atomic E-state index is 13.8. The summed E-state index contributed by atoms with van der Waals surface area (Å²) >= 11 is 6.03. The third-order valence-corrected chi connectivity index (χ3v) is 8.47. The van der Waals surface area contributed by atoms with Crippen molar-refractivity contribution in [3.8, 4) is 5.75 Å². The van der Waals surface area contributed by atoms with Crippen LogP contribution in [0.4, 0.5) is 5.69 Å². The number of hydrogen-bond acceptors (Lipinski definition) is 6. The summed E-state index contributed by atoms with van der Waals surface area (Å²) < 4.78 is 11.3. The molecule has 9 nitrogen and oxygen atoms in total. The molecular formula is C35H39ClN4O5. The second kappa shape index (κ2) is 14.6. The highest BCUT2D eigenvalue weighted by molar-refractivity contribution is 6.30. The molecule has 10 heteroatoms. The van der Waals surface area contributed by atoms with Crippen LogP contribution in [0.2, 0.25) is 5.02 Å². The molecule has 0 unspecified atom stereocenters. The van der Waals surface area contributed by atoms with Crippen molar-refractivity contribution in [3.63, 3.8) is 0 Å². The Labute approximate surface area is 269 Å². The Morgan fingerprint density at radius 1 is 0.933 bits per heavy atom. The Balaban J connectivity index is 1.35. The van der Waals surface area contributed by atoms with Crippen LogP contribution in [0.1, 0.15) is 60.2 Å². The molecule has 2 aliphatic heterocycles. The number of ether oxygens (including phenoxy) is 2. The summed E-state index contributed by atoms with van der Waals surface area (Å²) in [7, 11) is 0. The first kappa shape index (κ1) is 32.0. The predicted octanol–water partition coefficient (Wildman–Crippen LogP) is 5.87. The van der Waals surface area contributed by atoms with Gasteiger partial charge < -0.3 is 24.2 Å². The summed E-state index contributed by atoms with van der Waals surface area (Å²) in [6.07, 6.45) is 2.54. The SMILES string of the molecule is CCOC(=O)CCc1ccc2c(c1)N(Cc1ccc(OC3CCN(C(C)=N)CC3)cc1)C(=O)CN(C(=O)c1ccc(Cl)cc1)C2. The Kier molecular flexibility index (Phi) is 10.4. The number of anilines is 1. The number of esters is 1. The fourth-order valence-corrected chi connectivity index (χ4v) is 5.85. The van der Waals surface area contributed by atoms with E-state index < -0.39 is 0 Å². The number of amides is 2. The molecule has 2 aliphatic rings. The van der Waals surface area contributed by atoms with Gasteiger partial charge in [-0.1, -0.05) is 35.9 Å². The van der Waals surface area contributed by atoms with E-state index in [2.05, 4.69) is 4.90 Å². The highest BCUT2D eigenvalue weighted by Gasteiger charge is 2.30. The first-order valence-corrected chi connectivity index (χ1v) is 15.8. The Hall–Kier alpha value is -4.37. The zero-order valence-electron chi connectivity index (χ0n) is 25.8. The normalized spacial score (nSPS) is 15.4. The predicted molar refractivity (Wildman–Crippen MR) is 174 cm³/mol. The number of benzene rings is 3. The van der Waals surface area contributed by atoms with Gasteiger partial charge in [0.1, 0.15) is 18.4 Å². The average Bonchev–Trinajstić information content (AvgIpc) is 3.17. The number of nitrogens with one attached hydrogen (secondary N) is 1. The second-order valence-corrected chi connectivity index (χ2v) is 11.9. The third kappa shape index (κ3) is 8.22. The van der Waals surface area contributed by atoms with Crippen molar-refractivity contribution >= 4 is 40.9 Å². The lowest BCUT2D eigenvalue weighted by Crippen LogP contribution is -2.40. The number of halogens is 1. The molecule has 2 amide bonds. The zero-order valence-corrected chi connectivity index (χ0v) is 26.5. The molecule has 1 saturated heterocycles. The van der Waals surface area contributed by atoms with Crippen molar-refractivity contribution in [2.24, 2.45) is 0 Å². The number of carbonyl (C=O) groups excluding carboxylic acids is 3. The van der Waals surface area contributed by atoms with Gasteiger partial charge in [-0.3, -0.25) is 19.8 Å². The van der Waals surface area contributed by atoms with Crippen molar-refractivity contribution < 1.29 is 23.9 Å². The molecule has 3 aromatic rings. The maximum atomic E-state index is 13.8. The zero-order chi connectivity index (χ0) is 31.9. The standard InChI is InChI=1S/C35H39ClN4O5/c1-3-44-34(42)15-7-25-4-8-28-22-39(35(43)27-9-11-29(36)12-10-27)23-33(41)40(32(28)20-25)21-26-5-13-30(14-6-26)45-31-16-18-38(19-17-31)24(2)37/h4-6,8-14,20,31,37H,3,7,15-19,21-23H2,1-2H3. The lowest BCUT2D eigenvalue weighted by Gasteiger charge is -2.32. The molecule has 0 atom stereocenters. The number of carbonyl (C=O) groups is 3. The summed E-state index contributed by atoms with van der Waals surface area (Å²) in [6.45, 7) is 6.05. The van der Waals surface area contributed by atoms with E-state index in [9.17, 15) is 14.4 Å². The first-order valence-electron chi connectivity index (χ1n) is 15.4. The van der Waals surface area contributed by atoms with E-state index in [1.165, 1.54) is 0 Å². The molecular weight excluding hydrogens is 592 g/mol. The number of hydrogen-bond donors (Lipinski definition) is 1. The van der Waals surface area contributed by atoms with Crippen LogP contribution >= 0.6 is 11.6 Å². The Bertz CT molecular complexity index is 1530. The van der Waals surface area contributed by atoms with E-state index in [1.807, 2.05) is 49.4 Å². The van der Waals surface area contributed by atoms with Gasteiger partial charge in [0.05, 0.1) is 19.0 Å². The van der Waals surface area contributed by atoms with Gasteiger partial charge in [0.15, 0.2) is 0 Å². The van der Waals surface area contributed by atoms with Crippen LogP contribution in [0.3, 0.4) is 0 Å². The summed E-state index contributed by atoms with van der Waals surface area (Å²) in [4.78, 5) is 44.7. The van der Waals surface area contributed by atoms with Gasteiger partial charge in [-0.2, -0.15) is 0 Å². The fourth-order valence-electron chi connectivity index (χ4n) is 5.72. The van der Waals surface area contributed by atoms with Gasteiger partial charge in [0.2, 0.25) is 5.91 Å². The molecule has 5 rings (SSSR count). The largest absolute Gasteiger partial charge is 0.490 e. The molecule has 1 N–H and O–H groups in total. The Morgan fingerprint density at radius 3 is 2.29 bits per heavy atom. The summed E-state index contributed by atoms with van der Waals surface area (Å²) in [5.41, 5.74) is 3.86. The van der Waals surface area contributed by atoms with Crippen LogP contribution in [0.25, 0.3) is 0 Å². The van der Waals surface area contributed by atoms with Crippen LogP contribution in [-0.4, -0.2) is 65.8 Å². The minimum atomic E-state index is -0.266. The van der Waals surface area contributed by atoms with Crippen LogP contribution in [0.15, 0.2) is 66.7 Å². The average molecular weight is 631 g/mol. The van der Waals surface area contributed by atoms with Gasteiger partial charge in [-0.25, -0.2) is 0 Å². The number of fused-ring (bicyclic) bond motifs is 1. The lowest BCUT2D eigenvalue weighted by molar-refractivity contribution is -0.143. The quantitative estimate of drug-likeness (QED) is 0.180. The molecule has 1 fully saturated rings. The number of piperidine rings is 1. The third-order valence-electron chi connectivity index (χ3n) is 8.21. The number of aryl methyl sites for hydroxylation is 1. The maximum Gasteiger partial charge on any atom is 0.306 e. The van der Waals surface area contributed by atoms with Gasteiger partial charge in [-0.15, -0.1) is 0 Å². The van der Waals surface area contributed by atoms with Gasteiger partial charge in [0, 0.05) is 55.2 Å². The number of rotatable bonds is 9. The molecule has 3 aromatic carbocycles. The van der Waals surface area contributed by atoms with E-state index in [4.69, 9.17) is 26.5 Å². The van der Waals surface area contributed by atoms with E-state index in [-0.39, 0.29) is 43.4 Å². The number of amidine groups is 1. The smallest absolute Gasteiger partial charge is 0.306 e. The number of nitrogens with zero attached hydrogens (tertiary/aromatic N) is 3. The topological polar surface area (TPSA) is 103 Å². The van der Waals surface area contributed by atoms with Crippen LogP contribution in [0.5, 0.6) is 5.75 Å². The van der Waals surface area contributed by atoms with Crippen molar-refractivity contribution in [2.45, 2.75) is 58.7 Å². The second-order valence-electron chi connectivity index (χ2n) is 11.4. The van der Waals surface area contributed by atoms with Crippen molar-refractivity contribution in [2.75, 3.05) is 31.1 Å². The van der Waals surface area contributed by atoms with E-state index in [0.29, 0.717) is 36.0 Å². The molecule has 0 aromatic heterocycles. The molecule has 0 bridgehead atoms. The van der Waals surface area contributed by atoms with Gasteiger partial charge in [0.25, 0.3) is 5.91 Å². The molecule has 0 aliphatic carbocycles. The van der Waals surface area contributed by atoms with Crippen LogP contribution in [0, 0.1) is 5.41 Å².